The largest absolute Gasteiger partial charge is 0.364 e. The summed E-state index contributed by atoms with van der Waals surface area (Å²) in [7, 11) is -3.63. The number of carbonyl (C=O) groups excluding carboxylic acids is 1. The van der Waals surface area contributed by atoms with Crippen molar-refractivity contribution >= 4 is 51.3 Å². The number of amides is 1. The minimum Gasteiger partial charge on any atom is -0.364 e. The van der Waals surface area contributed by atoms with Crippen LogP contribution in [0.5, 0.6) is 0 Å². The molecule has 1 amide bonds. The summed E-state index contributed by atoms with van der Waals surface area (Å²) in [5.74, 6) is -1.43. The van der Waals surface area contributed by atoms with Crippen molar-refractivity contribution < 1.29 is 17.6 Å². The lowest BCUT2D eigenvalue weighted by molar-refractivity contribution is 0.0995. The van der Waals surface area contributed by atoms with E-state index in [9.17, 15) is 17.6 Å². The van der Waals surface area contributed by atoms with Gasteiger partial charge in [0.2, 0.25) is 10.0 Å². The van der Waals surface area contributed by atoms with E-state index < -0.39 is 21.7 Å². The third kappa shape index (κ3) is 5.70. The van der Waals surface area contributed by atoms with Crippen LogP contribution in [0.3, 0.4) is 0 Å². The molecule has 196 valence electrons. The first kappa shape index (κ1) is 27.2. The van der Waals surface area contributed by atoms with E-state index in [2.05, 4.69) is 20.4 Å². The van der Waals surface area contributed by atoms with Gasteiger partial charge in [-0.15, -0.1) is 22.6 Å². The van der Waals surface area contributed by atoms with Crippen molar-refractivity contribution in [2.75, 3.05) is 31.5 Å². The first-order valence-corrected chi connectivity index (χ1v) is 13.3. The number of aromatic nitrogens is 2. The first-order chi connectivity index (χ1) is 17.2. The molecule has 1 saturated carbocycles. The second kappa shape index (κ2) is 10.9. The second-order valence-electron chi connectivity index (χ2n) is 8.77. The molecule has 1 aliphatic carbocycles. The van der Waals surface area contributed by atoms with Gasteiger partial charge in [-0.25, -0.2) is 12.8 Å². The van der Waals surface area contributed by atoms with Gasteiger partial charge in [-0.05, 0) is 55.3 Å². The number of nitrogens with two attached hydrogens (primary N) is 1. The Labute approximate surface area is 225 Å². The maximum absolute atomic E-state index is 14.4. The van der Waals surface area contributed by atoms with Gasteiger partial charge in [0.15, 0.2) is 5.69 Å². The fourth-order valence-corrected chi connectivity index (χ4v) is 5.98. The lowest BCUT2D eigenvalue weighted by Crippen LogP contribution is -2.49. The Morgan fingerprint density at radius 3 is 2.32 bits per heavy atom. The zero-order chi connectivity index (χ0) is 25.4. The van der Waals surface area contributed by atoms with Gasteiger partial charge in [-0.3, -0.25) is 9.69 Å². The van der Waals surface area contributed by atoms with E-state index in [0.29, 0.717) is 24.8 Å². The molecule has 1 aliphatic heterocycles. The summed E-state index contributed by atoms with van der Waals surface area (Å²) in [6, 6.07) is 12.4. The number of halogens is 3. The molecule has 0 unspecified atom stereocenters. The van der Waals surface area contributed by atoms with Crippen molar-refractivity contribution in [1.29, 1.82) is 0 Å². The highest BCUT2D eigenvalue weighted by Gasteiger charge is 2.34. The highest BCUT2D eigenvalue weighted by atomic mass is 35.5. The number of hydrogen-bond donors (Lipinski definition) is 2. The molecule has 2 aromatic carbocycles. The lowest BCUT2D eigenvalue weighted by Gasteiger charge is -2.34. The minimum absolute atomic E-state index is 0. The van der Waals surface area contributed by atoms with Gasteiger partial charge in [0.25, 0.3) is 5.91 Å². The number of primary amides is 1. The van der Waals surface area contributed by atoms with Crippen LogP contribution >= 0.6 is 24.0 Å². The van der Waals surface area contributed by atoms with E-state index in [4.69, 9.17) is 17.3 Å². The number of nitrogens with one attached hydrogen (secondary N) is 1. The van der Waals surface area contributed by atoms with Crippen molar-refractivity contribution in [3.8, 4) is 11.3 Å². The SMILES string of the molecule is Cl.NC(=O)c1nnc(-c2c(F)cccc2Cl)cc1Nc1ccc(S(=O)(=O)N2CCN(C3CC3)CC2)cc1. The van der Waals surface area contributed by atoms with Crippen LogP contribution in [0, 0.1) is 5.82 Å². The predicted octanol–water partition coefficient (Wildman–Crippen LogP) is 3.67. The number of piperazine rings is 1. The van der Waals surface area contributed by atoms with Crippen LogP contribution in [0.15, 0.2) is 53.4 Å². The van der Waals surface area contributed by atoms with Crippen LogP contribution in [0.25, 0.3) is 11.3 Å². The molecule has 1 aromatic heterocycles. The Morgan fingerprint density at radius 1 is 1.05 bits per heavy atom. The van der Waals surface area contributed by atoms with Crippen molar-refractivity contribution in [2.45, 2.75) is 23.8 Å². The number of carbonyl (C=O) groups is 1. The normalized spacial score (nSPS) is 16.7. The predicted molar refractivity (Wildman–Crippen MR) is 141 cm³/mol. The fourth-order valence-electron chi connectivity index (χ4n) is 4.30. The van der Waals surface area contributed by atoms with Crippen LogP contribution in [0.2, 0.25) is 5.02 Å². The monoisotopic (exact) mass is 566 g/mol. The summed E-state index contributed by atoms with van der Waals surface area (Å²) in [6.07, 6.45) is 2.39. The van der Waals surface area contributed by atoms with Gasteiger partial charge >= 0.3 is 0 Å². The van der Waals surface area contributed by atoms with Crippen molar-refractivity contribution in [3.05, 3.63) is 65.1 Å². The molecule has 0 bridgehead atoms. The maximum atomic E-state index is 14.4. The van der Waals surface area contributed by atoms with Gasteiger partial charge in [0.05, 0.1) is 26.9 Å². The van der Waals surface area contributed by atoms with Gasteiger partial charge in [0, 0.05) is 37.9 Å². The average molecular weight is 567 g/mol. The standard InChI is InChI=1S/C24H24ClFN6O3S.ClH/c25-18-2-1-3-19(26)22(18)20-14-21(23(24(27)33)30-29-20)28-15-4-8-17(9-5-15)36(34,35)32-12-10-31(11-13-32)16-6-7-16;/h1-5,8-9,14,16H,6-7,10-13H2,(H2,27,33)(H,28,29);1H. The number of sulfonamides is 1. The molecule has 9 nitrogen and oxygen atoms in total. The number of nitrogens with zero attached hydrogens (tertiary/aromatic N) is 4. The highest BCUT2D eigenvalue weighted by molar-refractivity contribution is 7.89. The molecule has 37 heavy (non-hydrogen) atoms. The van der Waals surface area contributed by atoms with Gasteiger partial charge < -0.3 is 11.1 Å². The van der Waals surface area contributed by atoms with Gasteiger partial charge in [-0.2, -0.15) is 4.31 Å². The zero-order valence-electron chi connectivity index (χ0n) is 19.6. The minimum atomic E-state index is -3.63. The summed E-state index contributed by atoms with van der Waals surface area (Å²) in [6.45, 7) is 2.40. The number of benzene rings is 2. The molecular formula is C24H25Cl2FN6O3S. The third-order valence-corrected chi connectivity index (χ3v) is 8.58. The average Bonchev–Trinajstić information content (AvgIpc) is 3.70. The Kier molecular flexibility index (Phi) is 8.00. The molecule has 2 heterocycles. The van der Waals surface area contributed by atoms with Crippen LogP contribution in [-0.4, -0.2) is 65.9 Å². The van der Waals surface area contributed by atoms with Crippen molar-refractivity contribution in [1.82, 2.24) is 19.4 Å². The molecule has 2 aliphatic rings. The van der Waals surface area contributed by atoms with E-state index in [-0.39, 0.29) is 45.0 Å². The van der Waals surface area contributed by atoms with Crippen molar-refractivity contribution in [3.63, 3.8) is 0 Å². The Hall–Kier alpha value is -2.83. The Morgan fingerprint density at radius 2 is 1.73 bits per heavy atom. The molecule has 5 rings (SSSR count). The Balaban J connectivity index is 0.00000320. The quantitative estimate of drug-likeness (QED) is 0.447. The molecule has 3 aromatic rings. The molecule has 0 spiro atoms. The Bertz CT molecular complexity index is 1390. The summed E-state index contributed by atoms with van der Waals surface area (Å²) in [5.41, 5.74) is 6.09. The molecular weight excluding hydrogens is 542 g/mol. The molecule has 13 heteroatoms. The molecule has 2 fully saturated rings. The molecule has 0 atom stereocenters. The molecule has 3 N–H and O–H groups in total. The number of hydrogen-bond acceptors (Lipinski definition) is 7. The maximum Gasteiger partial charge on any atom is 0.271 e. The van der Waals surface area contributed by atoms with E-state index in [1.54, 1.807) is 12.1 Å². The fraction of sp³-hybridized carbons (Fsp3) is 0.292. The molecule has 0 radical (unpaired) electrons. The zero-order valence-corrected chi connectivity index (χ0v) is 22.0. The topological polar surface area (TPSA) is 122 Å². The van der Waals surface area contributed by atoms with E-state index in [0.717, 1.165) is 13.1 Å². The van der Waals surface area contributed by atoms with Crippen LogP contribution < -0.4 is 11.1 Å². The summed E-state index contributed by atoms with van der Waals surface area (Å²) < 4.78 is 42.1. The van der Waals surface area contributed by atoms with Crippen molar-refractivity contribution in [2.24, 2.45) is 5.73 Å². The van der Waals surface area contributed by atoms with Gasteiger partial charge in [-0.1, -0.05) is 17.7 Å². The highest BCUT2D eigenvalue weighted by Crippen LogP contribution is 2.32. The lowest BCUT2D eigenvalue weighted by atomic mass is 10.1. The second-order valence-corrected chi connectivity index (χ2v) is 11.1. The van der Waals surface area contributed by atoms with Gasteiger partial charge in [0.1, 0.15) is 5.82 Å². The summed E-state index contributed by atoms with van der Waals surface area (Å²) >= 11 is 6.15. The summed E-state index contributed by atoms with van der Waals surface area (Å²) in [5, 5.41) is 10.9. The van der Waals surface area contributed by atoms with E-state index in [1.807, 2.05) is 0 Å². The van der Waals surface area contributed by atoms with E-state index >= 15 is 0 Å². The third-order valence-electron chi connectivity index (χ3n) is 6.35. The van der Waals surface area contributed by atoms with Crippen LogP contribution in [-0.2, 0) is 10.0 Å². The van der Waals surface area contributed by atoms with Crippen LogP contribution in [0.1, 0.15) is 23.3 Å². The smallest absolute Gasteiger partial charge is 0.271 e. The first-order valence-electron chi connectivity index (χ1n) is 11.5. The van der Waals surface area contributed by atoms with Crippen LogP contribution in [0.4, 0.5) is 15.8 Å². The number of anilines is 2. The molecule has 1 saturated heterocycles. The number of rotatable bonds is 7. The van der Waals surface area contributed by atoms with E-state index in [1.165, 1.54) is 53.5 Å². The summed E-state index contributed by atoms with van der Waals surface area (Å²) in [4.78, 5) is 14.4.